The molecule has 0 radical (unpaired) electrons. The van der Waals surface area contributed by atoms with Crippen LogP contribution in [0.3, 0.4) is 0 Å². The van der Waals surface area contributed by atoms with Crippen LogP contribution in [0.2, 0.25) is 0 Å². The minimum Gasteiger partial charge on any atom is -0.460 e. The van der Waals surface area contributed by atoms with Gasteiger partial charge in [0.25, 0.3) is 0 Å². The predicted octanol–water partition coefficient (Wildman–Crippen LogP) is 2.69. The van der Waals surface area contributed by atoms with E-state index in [1.807, 2.05) is 24.1 Å². The van der Waals surface area contributed by atoms with Crippen molar-refractivity contribution < 1.29 is 14.3 Å². The van der Waals surface area contributed by atoms with Crippen LogP contribution < -0.4 is 0 Å². The zero-order valence-electron chi connectivity index (χ0n) is 12.9. The first kappa shape index (κ1) is 15.8. The standard InChI is InChI=1S/C17H23NO3/c1-13-4-6-14(7-5-13)17-9-8-16(21-17)11-18(2)10-15(19)12-20-3/h4-9,15,19H,10-12H2,1-3H3. The van der Waals surface area contributed by atoms with Gasteiger partial charge in [0.2, 0.25) is 0 Å². The number of hydrogen-bond acceptors (Lipinski definition) is 4. The van der Waals surface area contributed by atoms with Gasteiger partial charge in [0.15, 0.2) is 0 Å². The van der Waals surface area contributed by atoms with Gasteiger partial charge in [-0.15, -0.1) is 0 Å². The fourth-order valence-electron chi connectivity index (χ4n) is 2.27. The molecular formula is C17H23NO3. The van der Waals surface area contributed by atoms with Crippen molar-refractivity contribution in [3.63, 3.8) is 0 Å². The Bertz CT molecular complexity index is 547. The maximum absolute atomic E-state index is 9.71. The van der Waals surface area contributed by atoms with Gasteiger partial charge in [0.05, 0.1) is 19.3 Å². The monoisotopic (exact) mass is 289 g/mol. The Balaban J connectivity index is 1.95. The summed E-state index contributed by atoms with van der Waals surface area (Å²) in [5.41, 5.74) is 2.31. The van der Waals surface area contributed by atoms with Crippen molar-refractivity contribution in [1.82, 2.24) is 4.90 Å². The van der Waals surface area contributed by atoms with E-state index in [0.717, 1.165) is 17.1 Å². The van der Waals surface area contributed by atoms with Crippen LogP contribution in [0.15, 0.2) is 40.8 Å². The maximum Gasteiger partial charge on any atom is 0.134 e. The van der Waals surface area contributed by atoms with E-state index in [0.29, 0.717) is 19.7 Å². The molecule has 2 rings (SSSR count). The predicted molar refractivity (Wildman–Crippen MR) is 83.1 cm³/mol. The Morgan fingerprint density at radius 2 is 1.90 bits per heavy atom. The second-order valence-electron chi connectivity index (χ2n) is 5.44. The minimum atomic E-state index is -0.480. The van der Waals surface area contributed by atoms with Crippen molar-refractivity contribution in [3.05, 3.63) is 47.7 Å². The molecule has 0 saturated carbocycles. The summed E-state index contributed by atoms with van der Waals surface area (Å²) in [6.07, 6.45) is -0.480. The Morgan fingerprint density at radius 3 is 2.57 bits per heavy atom. The number of furan rings is 1. The van der Waals surface area contributed by atoms with Crippen molar-refractivity contribution in [2.24, 2.45) is 0 Å². The lowest BCUT2D eigenvalue weighted by atomic mass is 10.1. The molecule has 1 heterocycles. The van der Waals surface area contributed by atoms with Crippen molar-refractivity contribution in [2.45, 2.75) is 19.6 Å². The number of rotatable bonds is 7. The molecule has 21 heavy (non-hydrogen) atoms. The van der Waals surface area contributed by atoms with E-state index in [4.69, 9.17) is 9.15 Å². The molecule has 0 aliphatic rings. The molecule has 1 atom stereocenters. The molecule has 114 valence electrons. The van der Waals surface area contributed by atoms with E-state index in [1.165, 1.54) is 5.56 Å². The maximum atomic E-state index is 9.71. The van der Waals surface area contributed by atoms with Gasteiger partial charge in [-0.05, 0) is 26.1 Å². The van der Waals surface area contributed by atoms with Gasteiger partial charge in [-0.3, -0.25) is 4.90 Å². The molecule has 0 aliphatic carbocycles. The Hall–Kier alpha value is -1.62. The third-order valence-corrected chi connectivity index (χ3v) is 3.30. The van der Waals surface area contributed by atoms with Crippen molar-refractivity contribution >= 4 is 0 Å². The number of aliphatic hydroxyl groups excluding tert-OH is 1. The molecule has 4 nitrogen and oxygen atoms in total. The highest BCUT2D eigenvalue weighted by Gasteiger charge is 2.11. The smallest absolute Gasteiger partial charge is 0.134 e. The minimum absolute atomic E-state index is 0.344. The number of methoxy groups -OCH3 is 1. The van der Waals surface area contributed by atoms with E-state index in [2.05, 4.69) is 31.2 Å². The fraction of sp³-hybridized carbons (Fsp3) is 0.412. The summed E-state index contributed by atoms with van der Waals surface area (Å²) in [6, 6.07) is 12.2. The Labute approximate surface area is 126 Å². The lowest BCUT2D eigenvalue weighted by Gasteiger charge is -2.18. The van der Waals surface area contributed by atoms with Crippen LogP contribution in [0.1, 0.15) is 11.3 Å². The normalized spacial score (nSPS) is 12.8. The second kappa shape index (κ2) is 7.41. The summed E-state index contributed by atoms with van der Waals surface area (Å²) in [7, 11) is 3.54. The number of benzene rings is 1. The molecule has 0 saturated heterocycles. The summed E-state index contributed by atoms with van der Waals surface area (Å²) < 4.78 is 10.8. The van der Waals surface area contributed by atoms with Crippen LogP contribution in [-0.4, -0.2) is 43.4 Å². The second-order valence-corrected chi connectivity index (χ2v) is 5.44. The van der Waals surface area contributed by atoms with Crippen LogP contribution in [-0.2, 0) is 11.3 Å². The van der Waals surface area contributed by atoms with Crippen LogP contribution in [0.25, 0.3) is 11.3 Å². The molecule has 0 fully saturated rings. The number of aliphatic hydroxyl groups is 1. The average Bonchev–Trinajstić information content (AvgIpc) is 2.88. The van der Waals surface area contributed by atoms with Crippen molar-refractivity contribution in [2.75, 3.05) is 27.3 Å². The van der Waals surface area contributed by atoms with Crippen molar-refractivity contribution in [1.29, 1.82) is 0 Å². The number of nitrogens with zero attached hydrogens (tertiary/aromatic N) is 1. The van der Waals surface area contributed by atoms with Gasteiger partial charge in [-0.25, -0.2) is 0 Å². The third kappa shape index (κ3) is 4.70. The Morgan fingerprint density at radius 1 is 1.19 bits per heavy atom. The molecule has 4 heteroatoms. The topological polar surface area (TPSA) is 45.8 Å². The Kier molecular flexibility index (Phi) is 5.56. The molecule has 0 bridgehead atoms. The quantitative estimate of drug-likeness (QED) is 0.851. The molecule has 1 unspecified atom stereocenters. The highest BCUT2D eigenvalue weighted by Crippen LogP contribution is 2.23. The molecule has 1 N–H and O–H groups in total. The largest absolute Gasteiger partial charge is 0.460 e. The first-order chi connectivity index (χ1) is 10.1. The van der Waals surface area contributed by atoms with Crippen LogP contribution in [0.4, 0.5) is 0 Å². The average molecular weight is 289 g/mol. The third-order valence-electron chi connectivity index (χ3n) is 3.30. The zero-order chi connectivity index (χ0) is 15.2. The molecule has 0 spiro atoms. The lowest BCUT2D eigenvalue weighted by molar-refractivity contribution is 0.0407. The summed E-state index contributed by atoms with van der Waals surface area (Å²) >= 11 is 0. The van der Waals surface area contributed by atoms with E-state index in [1.54, 1.807) is 7.11 Å². The van der Waals surface area contributed by atoms with Crippen LogP contribution in [0, 0.1) is 6.92 Å². The summed E-state index contributed by atoms with van der Waals surface area (Å²) in [5.74, 6) is 1.76. The number of ether oxygens (including phenoxy) is 1. The SMILES string of the molecule is COCC(O)CN(C)Cc1ccc(-c2ccc(C)cc2)o1. The summed E-state index contributed by atoms with van der Waals surface area (Å²) in [6.45, 7) is 3.62. The van der Waals surface area contributed by atoms with E-state index >= 15 is 0 Å². The zero-order valence-corrected chi connectivity index (χ0v) is 12.9. The first-order valence-corrected chi connectivity index (χ1v) is 7.10. The number of hydrogen-bond donors (Lipinski definition) is 1. The van der Waals surface area contributed by atoms with Crippen LogP contribution in [0.5, 0.6) is 0 Å². The van der Waals surface area contributed by atoms with E-state index in [9.17, 15) is 5.11 Å². The highest BCUT2D eigenvalue weighted by atomic mass is 16.5. The van der Waals surface area contributed by atoms with E-state index < -0.39 is 6.10 Å². The van der Waals surface area contributed by atoms with Gasteiger partial charge < -0.3 is 14.3 Å². The molecule has 1 aromatic heterocycles. The van der Waals surface area contributed by atoms with Gasteiger partial charge in [-0.1, -0.05) is 29.8 Å². The molecule has 0 aliphatic heterocycles. The summed E-state index contributed by atoms with van der Waals surface area (Å²) in [4.78, 5) is 2.02. The van der Waals surface area contributed by atoms with Gasteiger partial charge in [0.1, 0.15) is 11.5 Å². The highest BCUT2D eigenvalue weighted by molar-refractivity contribution is 5.57. The number of aryl methyl sites for hydroxylation is 1. The lowest BCUT2D eigenvalue weighted by Crippen LogP contribution is -2.31. The van der Waals surface area contributed by atoms with E-state index in [-0.39, 0.29) is 0 Å². The molecule has 1 aromatic carbocycles. The van der Waals surface area contributed by atoms with Crippen molar-refractivity contribution in [3.8, 4) is 11.3 Å². The number of likely N-dealkylation sites (N-methyl/N-ethyl adjacent to an activating group) is 1. The fourth-order valence-corrected chi connectivity index (χ4v) is 2.27. The molecule has 0 amide bonds. The molecule has 2 aromatic rings. The molecular weight excluding hydrogens is 266 g/mol. The first-order valence-electron chi connectivity index (χ1n) is 7.10. The van der Waals surface area contributed by atoms with Gasteiger partial charge in [-0.2, -0.15) is 0 Å². The summed E-state index contributed by atoms with van der Waals surface area (Å²) in [5, 5.41) is 9.71. The van der Waals surface area contributed by atoms with Crippen LogP contribution >= 0.6 is 0 Å². The van der Waals surface area contributed by atoms with Gasteiger partial charge >= 0.3 is 0 Å². The van der Waals surface area contributed by atoms with Gasteiger partial charge in [0, 0.05) is 19.2 Å².